The van der Waals surface area contributed by atoms with Crippen LogP contribution in [0.2, 0.25) is 0 Å². The zero-order chi connectivity index (χ0) is 13.9. The molecule has 2 fully saturated rings. The summed E-state index contributed by atoms with van der Waals surface area (Å²) in [6.07, 6.45) is 1.66. The van der Waals surface area contributed by atoms with Gasteiger partial charge in [0.1, 0.15) is 6.33 Å². The van der Waals surface area contributed by atoms with Gasteiger partial charge in [-0.05, 0) is 29.4 Å². The largest absolute Gasteiger partial charge is 0.336 e. The first-order valence-corrected chi connectivity index (χ1v) is 7.05. The van der Waals surface area contributed by atoms with Crippen LogP contribution in [0.1, 0.15) is 13.8 Å². The van der Waals surface area contributed by atoms with Crippen LogP contribution >= 0.6 is 0 Å². The van der Waals surface area contributed by atoms with E-state index in [1.54, 1.807) is 11.0 Å². The van der Waals surface area contributed by atoms with Crippen LogP contribution in [0.4, 0.5) is 4.79 Å². The van der Waals surface area contributed by atoms with Gasteiger partial charge >= 0.3 is 6.03 Å². The standard InChI is InChI=1S/C15H18N4O/c1-15(2)10-7-18(8-11(10)15)14(20)17-19-9-16-12-5-3-4-6-13(12)19/h3-6,9-11H,7-8H2,1-2H3,(H,17,20)/t10-,11-/m1/s1. The van der Waals surface area contributed by atoms with E-state index < -0.39 is 0 Å². The fourth-order valence-corrected chi connectivity index (χ4v) is 3.52. The first-order chi connectivity index (χ1) is 9.57. The summed E-state index contributed by atoms with van der Waals surface area (Å²) in [4.78, 5) is 18.5. The molecule has 1 aliphatic heterocycles. The van der Waals surface area contributed by atoms with Gasteiger partial charge in [0.05, 0.1) is 11.0 Å². The molecule has 1 aromatic heterocycles. The molecule has 4 rings (SSSR count). The number of hydrogen-bond acceptors (Lipinski definition) is 2. The summed E-state index contributed by atoms with van der Waals surface area (Å²) in [6, 6.07) is 7.74. The number of rotatable bonds is 1. The second-order valence-corrected chi connectivity index (χ2v) is 6.46. The number of hydrogen-bond donors (Lipinski definition) is 1. The second-order valence-electron chi connectivity index (χ2n) is 6.46. The highest BCUT2D eigenvalue weighted by Gasteiger charge is 2.62. The average Bonchev–Trinajstić information content (AvgIpc) is 2.87. The van der Waals surface area contributed by atoms with Crippen molar-refractivity contribution in [3.05, 3.63) is 30.6 Å². The van der Waals surface area contributed by atoms with Crippen molar-refractivity contribution in [2.75, 3.05) is 18.5 Å². The molecule has 104 valence electrons. The number of urea groups is 1. The molecule has 0 unspecified atom stereocenters. The Bertz CT molecular complexity index is 676. The minimum atomic E-state index is -0.0313. The number of amides is 2. The summed E-state index contributed by atoms with van der Waals surface area (Å²) < 4.78 is 1.70. The smallest absolute Gasteiger partial charge is 0.323 e. The first kappa shape index (κ1) is 11.8. The maximum absolute atomic E-state index is 12.3. The molecule has 1 saturated heterocycles. The van der Waals surface area contributed by atoms with Gasteiger partial charge in [0, 0.05) is 13.1 Å². The lowest BCUT2D eigenvalue weighted by Gasteiger charge is -2.22. The van der Waals surface area contributed by atoms with Crippen LogP contribution in [0.25, 0.3) is 11.0 Å². The zero-order valence-corrected chi connectivity index (χ0v) is 11.7. The Morgan fingerprint density at radius 2 is 2.00 bits per heavy atom. The normalized spacial score (nSPS) is 26.6. The van der Waals surface area contributed by atoms with Crippen LogP contribution < -0.4 is 5.43 Å². The van der Waals surface area contributed by atoms with Gasteiger partial charge in [-0.3, -0.25) is 0 Å². The summed E-state index contributed by atoms with van der Waals surface area (Å²) >= 11 is 0. The van der Waals surface area contributed by atoms with Gasteiger partial charge in [0.2, 0.25) is 0 Å². The van der Waals surface area contributed by atoms with Crippen LogP contribution in [0.15, 0.2) is 30.6 Å². The predicted molar refractivity (Wildman–Crippen MR) is 76.8 cm³/mol. The van der Waals surface area contributed by atoms with Crippen molar-refractivity contribution in [1.82, 2.24) is 14.6 Å². The van der Waals surface area contributed by atoms with Crippen molar-refractivity contribution in [3.8, 4) is 0 Å². The SMILES string of the molecule is CC1(C)[C@@H]2CN(C(=O)Nn3cnc4ccccc43)C[C@H]21. The topological polar surface area (TPSA) is 50.2 Å². The van der Waals surface area contributed by atoms with Crippen LogP contribution in [0.5, 0.6) is 0 Å². The Labute approximate surface area is 117 Å². The molecule has 20 heavy (non-hydrogen) atoms. The van der Waals surface area contributed by atoms with Crippen LogP contribution in [0, 0.1) is 17.3 Å². The first-order valence-electron chi connectivity index (χ1n) is 7.05. The molecule has 0 radical (unpaired) electrons. The number of imidazole rings is 1. The monoisotopic (exact) mass is 270 g/mol. The quantitative estimate of drug-likeness (QED) is 0.864. The number of aromatic nitrogens is 2. The number of benzene rings is 1. The summed E-state index contributed by atoms with van der Waals surface area (Å²) in [5.74, 6) is 1.35. The molecule has 2 aliphatic rings. The summed E-state index contributed by atoms with van der Waals surface area (Å²) in [7, 11) is 0. The minimum absolute atomic E-state index is 0.0313. The van der Waals surface area contributed by atoms with Gasteiger partial charge in [0.25, 0.3) is 0 Å². The van der Waals surface area contributed by atoms with Crippen molar-refractivity contribution in [2.45, 2.75) is 13.8 Å². The molecule has 1 aromatic carbocycles. The number of fused-ring (bicyclic) bond motifs is 2. The van der Waals surface area contributed by atoms with Gasteiger partial charge in [-0.15, -0.1) is 0 Å². The Balaban J connectivity index is 1.49. The Morgan fingerprint density at radius 1 is 1.30 bits per heavy atom. The number of piperidine rings is 1. The van der Waals surface area contributed by atoms with Crippen LogP contribution in [-0.4, -0.2) is 33.7 Å². The van der Waals surface area contributed by atoms with Gasteiger partial charge in [-0.1, -0.05) is 26.0 Å². The van der Waals surface area contributed by atoms with Gasteiger partial charge in [-0.2, -0.15) is 0 Å². The third-order valence-electron chi connectivity index (χ3n) is 5.08. The van der Waals surface area contributed by atoms with Gasteiger partial charge in [0.15, 0.2) is 0 Å². The number of nitrogens with one attached hydrogen (secondary N) is 1. The van der Waals surface area contributed by atoms with Crippen LogP contribution in [0.3, 0.4) is 0 Å². The third-order valence-corrected chi connectivity index (χ3v) is 5.08. The molecule has 0 bridgehead atoms. The Kier molecular flexibility index (Phi) is 2.20. The van der Waals surface area contributed by atoms with E-state index in [1.807, 2.05) is 29.2 Å². The van der Waals surface area contributed by atoms with E-state index in [0.717, 1.165) is 24.1 Å². The molecule has 5 heteroatoms. The number of carbonyl (C=O) groups excluding carboxylic acids is 1. The maximum atomic E-state index is 12.3. The van der Waals surface area contributed by atoms with Crippen molar-refractivity contribution in [2.24, 2.45) is 17.3 Å². The van der Waals surface area contributed by atoms with Gasteiger partial charge < -0.3 is 4.90 Å². The molecule has 1 saturated carbocycles. The lowest BCUT2D eigenvalue weighted by molar-refractivity contribution is 0.207. The molecular formula is C15H18N4O. The van der Waals surface area contributed by atoms with E-state index in [2.05, 4.69) is 24.3 Å². The van der Waals surface area contributed by atoms with E-state index in [1.165, 1.54) is 0 Å². The van der Waals surface area contributed by atoms with E-state index >= 15 is 0 Å². The molecule has 2 heterocycles. The van der Waals surface area contributed by atoms with Crippen molar-refractivity contribution in [3.63, 3.8) is 0 Å². The lowest BCUT2D eigenvalue weighted by atomic mass is 10.1. The fraction of sp³-hybridized carbons (Fsp3) is 0.467. The number of nitrogens with zero attached hydrogens (tertiary/aromatic N) is 3. The van der Waals surface area contributed by atoms with Gasteiger partial charge in [-0.25, -0.2) is 19.9 Å². The van der Waals surface area contributed by atoms with E-state index in [0.29, 0.717) is 17.3 Å². The highest BCUT2D eigenvalue weighted by atomic mass is 16.2. The summed E-state index contributed by atoms with van der Waals surface area (Å²) in [6.45, 7) is 6.33. The maximum Gasteiger partial charge on any atom is 0.336 e. The predicted octanol–water partition coefficient (Wildman–Crippen LogP) is 2.29. The average molecular weight is 270 g/mol. The van der Waals surface area contributed by atoms with E-state index in [9.17, 15) is 4.79 Å². The summed E-state index contributed by atoms with van der Waals surface area (Å²) in [5, 5.41) is 0. The van der Waals surface area contributed by atoms with Crippen molar-refractivity contribution < 1.29 is 4.79 Å². The molecular weight excluding hydrogens is 252 g/mol. The number of likely N-dealkylation sites (tertiary alicyclic amines) is 1. The van der Waals surface area contributed by atoms with Crippen molar-refractivity contribution in [1.29, 1.82) is 0 Å². The second kappa shape index (κ2) is 3.75. The van der Waals surface area contributed by atoms with Crippen LogP contribution in [-0.2, 0) is 0 Å². The Morgan fingerprint density at radius 3 is 2.75 bits per heavy atom. The number of para-hydroxylation sites is 2. The fourth-order valence-electron chi connectivity index (χ4n) is 3.52. The van der Waals surface area contributed by atoms with E-state index in [4.69, 9.17) is 0 Å². The molecule has 2 atom stereocenters. The molecule has 1 aliphatic carbocycles. The highest BCUT2D eigenvalue weighted by Crippen LogP contribution is 2.61. The third kappa shape index (κ3) is 1.55. The van der Waals surface area contributed by atoms with Crippen molar-refractivity contribution >= 4 is 17.1 Å². The minimum Gasteiger partial charge on any atom is -0.323 e. The molecule has 2 aromatic rings. The highest BCUT2D eigenvalue weighted by molar-refractivity contribution is 5.85. The molecule has 0 spiro atoms. The molecule has 2 amide bonds. The molecule has 1 N–H and O–H groups in total. The Hall–Kier alpha value is -2.04. The number of carbonyl (C=O) groups is 1. The zero-order valence-electron chi connectivity index (χ0n) is 11.7. The molecule has 5 nitrogen and oxygen atoms in total. The van der Waals surface area contributed by atoms with E-state index in [-0.39, 0.29) is 6.03 Å². The lowest BCUT2D eigenvalue weighted by Crippen LogP contribution is -2.39. The summed E-state index contributed by atoms with van der Waals surface area (Å²) in [5.41, 5.74) is 5.15.